The fraction of sp³-hybridized carbons (Fsp3) is 0.417. The average molecular weight is 460 g/mol. The Morgan fingerprint density at radius 1 is 1.00 bits per heavy atom. The second-order valence-electron chi connectivity index (χ2n) is 8.20. The molecule has 2 aromatic carbocycles. The van der Waals surface area contributed by atoms with Crippen molar-refractivity contribution in [1.29, 1.82) is 0 Å². The number of benzene rings is 2. The first-order valence-corrected chi connectivity index (χ1v) is 10.7. The molecule has 33 heavy (non-hydrogen) atoms. The van der Waals surface area contributed by atoms with Crippen molar-refractivity contribution in [1.82, 2.24) is 10.2 Å². The van der Waals surface area contributed by atoms with Crippen molar-refractivity contribution in [3.63, 3.8) is 0 Å². The quantitative estimate of drug-likeness (QED) is 0.658. The molecule has 0 spiro atoms. The van der Waals surface area contributed by atoms with Gasteiger partial charge >= 0.3 is 6.03 Å². The molecule has 3 amide bonds. The van der Waals surface area contributed by atoms with E-state index in [0.717, 1.165) is 5.56 Å². The Hall–Kier alpha value is -3.49. The summed E-state index contributed by atoms with van der Waals surface area (Å²) in [5.74, 6) is 0.941. The van der Waals surface area contributed by atoms with Crippen LogP contribution in [0.5, 0.6) is 17.2 Å². The van der Waals surface area contributed by atoms with Gasteiger partial charge < -0.3 is 29.7 Å². The van der Waals surface area contributed by atoms with Crippen LogP contribution in [0.4, 0.5) is 14.9 Å². The van der Waals surface area contributed by atoms with E-state index in [9.17, 15) is 14.0 Å². The Labute approximate surface area is 193 Å². The van der Waals surface area contributed by atoms with Crippen molar-refractivity contribution in [2.24, 2.45) is 5.41 Å². The van der Waals surface area contributed by atoms with E-state index in [4.69, 9.17) is 14.2 Å². The molecule has 1 fully saturated rings. The number of hydrogen-bond donors (Lipinski definition) is 2. The molecule has 0 aromatic heterocycles. The third-order valence-corrected chi connectivity index (χ3v) is 5.98. The minimum absolute atomic E-state index is 0.0727. The molecule has 8 nitrogen and oxygen atoms in total. The first-order valence-electron chi connectivity index (χ1n) is 10.7. The maximum absolute atomic E-state index is 13.0. The van der Waals surface area contributed by atoms with Crippen molar-refractivity contribution in [3.05, 3.63) is 47.8 Å². The second-order valence-corrected chi connectivity index (χ2v) is 8.20. The van der Waals surface area contributed by atoms with Gasteiger partial charge in [0.15, 0.2) is 11.5 Å². The van der Waals surface area contributed by atoms with E-state index in [1.54, 1.807) is 29.2 Å². The Morgan fingerprint density at radius 2 is 1.58 bits per heavy atom. The molecule has 1 heterocycles. The van der Waals surface area contributed by atoms with Crippen molar-refractivity contribution in [2.45, 2.75) is 26.3 Å². The van der Waals surface area contributed by atoms with Gasteiger partial charge in [-0.15, -0.1) is 0 Å². The Kier molecular flexibility index (Phi) is 7.63. The molecule has 1 aliphatic rings. The minimum atomic E-state index is -0.580. The van der Waals surface area contributed by atoms with Gasteiger partial charge in [-0.1, -0.05) is 19.1 Å². The first-order chi connectivity index (χ1) is 15.8. The second kappa shape index (κ2) is 10.4. The normalized spacial score (nSPS) is 14.9. The summed E-state index contributed by atoms with van der Waals surface area (Å²) in [6, 6.07) is 9.09. The number of urea groups is 1. The van der Waals surface area contributed by atoms with Gasteiger partial charge in [0, 0.05) is 37.2 Å². The zero-order chi connectivity index (χ0) is 24.0. The maximum atomic E-state index is 13.0. The third-order valence-electron chi connectivity index (χ3n) is 5.98. The summed E-state index contributed by atoms with van der Waals surface area (Å²) in [7, 11) is 4.53. The van der Waals surface area contributed by atoms with Gasteiger partial charge in [-0.2, -0.15) is 0 Å². The van der Waals surface area contributed by atoms with Gasteiger partial charge in [-0.3, -0.25) is 4.79 Å². The van der Waals surface area contributed by atoms with E-state index < -0.39 is 5.41 Å². The molecule has 0 saturated carbocycles. The number of anilines is 1. The molecule has 1 aliphatic heterocycles. The summed E-state index contributed by atoms with van der Waals surface area (Å²) in [4.78, 5) is 27.3. The summed E-state index contributed by atoms with van der Waals surface area (Å²) < 4.78 is 29.0. The van der Waals surface area contributed by atoms with E-state index in [-0.39, 0.29) is 17.8 Å². The predicted molar refractivity (Wildman–Crippen MR) is 122 cm³/mol. The van der Waals surface area contributed by atoms with E-state index in [0.29, 0.717) is 55.4 Å². The van der Waals surface area contributed by atoms with Crippen LogP contribution in [0.2, 0.25) is 0 Å². The van der Waals surface area contributed by atoms with Crippen LogP contribution in [-0.2, 0) is 11.3 Å². The summed E-state index contributed by atoms with van der Waals surface area (Å²) in [5, 5.41) is 5.79. The number of carbonyl (C=O) groups excluding carboxylic acids is 2. The first kappa shape index (κ1) is 24.2. The molecule has 2 N–H and O–H groups in total. The number of hydrogen-bond acceptors (Lipinski definition) is 5. The smallest absolute Gasteiger partial charge is 0.321 e. The summed E-state index contributed by atoms with van der Waals surface area (Å²) in [5.41, 5.74) is 0.763. The van der Waals surface area contributed by atoms with Crippen molar-refractivity contribution in [3.8, 4) is 17.2 Å². The number of methoxy groups -OCH3 is 3. The number of likely N-dealkylation sites (tertiary alicyclic amines) is 1. The molecule has 2 aromatic rings. The van der Waals surface area contributed by atoms with Crippen LogP contribution in [-0.4, -0.2) is 51.3 Å². The predicted octanol–water partition coefficient (Wildman–Crippen LogP) is 3.80. The average Bonchev–Trinajstić information content (AvgIpc) is 2.83. The van der Waals surface area contributed by atoms with Crippen LogP contribution in [0.25, 0.3) is 0 Å². The largest absolute Gasteiger partial charge is 0.493 e. The van der Waals surface area contributed by atoms with Crippen molar-refractivity contribution < 1.29 is 28.2 Å². The Balaban J connectivity index is 1.57. The fourth-order valence-electron chi connectivity index (χ4n) is 3.78. The van der Waals surface area contributed by atoms with Crippen LogP contribution >= 0.6 is 0 Å². The van der Waals surface area contributed by atoms with E-state index >= 15 is 0 Å². The third kappa shape index (κ3) is 5.66. The zero-order valence-corrected chi connectivity index (χ0v) is 19.4. The molecule has 0 bridgehead atoms. The van der Waals surface area contributed by atoms with Crippen molar-refractivity contribution in [2.75, 3.05) is 39.7 Å². The van der Waals surface area contributed by atoms with Gasteiger partial charge in [-0.25, -0.2) is 9.18 Å². The van der Waals surface area contributed by atoms with Gasteiger partial charge in [-0.05, 0) is 30.5 Å². The van der Waals surface area contributed by atoms with E-state index in [1.165, 1.54) is 33.5 Å². The number of rotatable bonds is 7. The van der Waals surface area contributed by atoms with Crippen LogP contribution in [0.3, 0.4) is 0 Å². The lowest BCUT2D eigenvalue weighted by molar-refractivity contribution is -0.132. The number of halogens is 1. The molecule has 178 valence electrons. The van der Waals surface area contributed by atoms with Crippen LogP contribution in [0.1, 0.15) is 25.3 Å². The van der Waals surface area contributed by atoms with Crippen molar-refractivity contribution >= 4 is 17.6 Å². The highest BCUT2D eigenvalue weighted by Crippen LogP contribution is 2.40. The van der Waals surface area contributed by atoms with E-state index in [1.807, 2.05) is 6.92 Å². The van der Waals surface area contributed by atoms with Gasteiger partial charge in [0.1, 0.15) is 5.82 Å². The molecule has 0 radical (unpaired) electrons. The van der Waals surface area contributed by atoms with Gasteiger partial charge in [0.25, 0.3) is 0 Å². The van der Waals surface area contributed by atoms with Gasteiger partial charge in [0.2, 0.25) is 11.7 Å². The number of piperidine rings is 1. The summed E-state index contributed by atoms with van der Waals surface area (Å²) in [6.45, 7) is 3.12. The Bertz CT molecular complexity index is 963. The van der Waals surface area contributed by atoms with Crippen LogP contribution in [0.15, 0.2) is 36.4 Å². The molecule has 3 rings (SSSR count). The number of amides is 3. The fourth-order valence-corrected chi connectivity index (χ4v) is 3.78. The van der Waals surface area contributed by atoms with E-state index in [2.05, 4.69) is 10.6 Å². The summed E-state index contributed by atoms with van der Waals surface area (Å²) >= 11 is 0. The number of ether oxygens (including phenoxy) is 3. The standard InChI is InChI=1S/C24H30FN3O5/c1-24(22(29)26-15-16-5-7-17(25)8-6-16)9-11-28(12-10-24)23(30)27-18-13-19(31-2)21(33-4)20(14-18)32-3/h5-8,13-14H,9-12,15H2,1-4H3,(H,26,29)(H,27,30). The van der Waals surface area contributed by atoms with Gasteiger partial charge in [0.05, 0.1) is 27.0 Å². The van der Waals surface area contributed by atoms with Crippen LogP contribution in [0, 0.1) is 11.2 Å². The molecule has 1 saturated heterocycles. The molecule has 0 atom stereocenters. The lowest BCUT2D eigenvalue weighted by Gasteiger charge is -2.38. The SMILES string of the molecule is COc1cc(NC(=O)N2CCC(C)(C(=O)NCc3ccc(F)cc3)CC2)cc(OC)c1OC. The molecule has 0 unspecified atom stereocenters. The monoisotopic (exact) mass is 459 g/mol. The Morgan fingerprint density at radius 3 is 2.09 bits per heavy atom. The topological polar surface area (TPSA) is 89.1 Å². The number of carbonyl (C=O) groups is 2. The number of nitrogens with zero attached hydrogens (tertiary/aromatic N) is 1. The lowest BCUT2D eigenvalue weighted by atomic mass is 9.79. The molecular weight excluding hydrogens is 429 g/mol. The highest BCUT2D eigenvalue weighted by Gasteiger charge is 2.38. The highest BCUT2D eigenvalue weighted by molar-refractivity contribution is 5.90. The zero-order valence-electron chi connectivity index (χ0n) is 19.4. The van der Waals surface area contributed by atoms with Crippen LogP contribution < -0.4 is 24.8 Å². The summed E-state index contributed by atoms with van der Waals surface area (Å²) in [6.07, 6.45) is 1.07. The molecular formula is C24H30FN3O5. The molecule has 0 aliphatic carbocycles. The minimum Gasteiger partial charge on any atom is -0.493 e. The molecule has 9 heteroatoms. The highest BCUT2D eigenvalue weighted by atomic mass is 19.1. The lowest BCUT2D eigenvalue weighted by Crippen LogP contribution is -2.49. The number of nitrogens with one attached hydrogen (secondary N) is 2. The maximum Gasteiger partial charge on any atom is 0.321 e.